The summed E-state index contributed by atoms with van der Waals surface area (Å²) in [5.41, 5.74) is 5.78. The SMILES string of the molecule is C[C@H](CN)NC(=O)c1c(Br)nnn1C. The molecule has 1 aromatic heterocycles. The fourth-order valence-electron chi connectivity index (χ4n) is 0.924. The van der Waals surface area contributed by atoms with Gasteiger partial charge in [-0.15, -0.1) is 5.10 Å². The number of rotatable bonds is 3. The normalized spacial score (nSPS) is 12.6. The van der Waals surface area contributed by atoms with Crippen LogP contribution in [0, 0.1) is 0 Å². The van der Waals surface area contributed by atoms with E-state index in [4.69, 9.17) is 5.73 Å². The lowest BCUT2D eigenvalue weighted by molar-refractivity contribution is 0.0931. The predicted molar refractivity (Wildman–Crippen MR) is 54.7 cm³/mol. The van der Waals surface area contributed by atoms with E-state index in [2.05, 4.69) is 31.6 Å². The summed E-state index contributed by atoms with van der Waals surface area (Å²) in [6, 6.07) is -0.0655. The van der Waals surface area contributed by atoms with Crippen molar-refractivity contribution in [2.24, 2.45) is 12.8 Å². The molecule has 1 aromatic rings. The number of nitrogens with two attached hydrogens (primary N) is 1. The summed E-state index contributed by atoms with van der Waals surface area (Å²) in [7, 11) is 1.65. The van der Waals surface area contributed by atoms with Crippen molar-refractivity contribution in [3.05, 3.63) is 10.3 Å². The third kappa shape index (κ3) is 2.30. The third-order valence-corrected chi connectivity index (χ3v) is 2.27. The van der Waals surface area contributed by atoms with E-state index in [9.17, 15) is 4.79 Å². The average molecular weight is 262 g/mol. The van der Waals surface area contributed by atoms with Crippen molar-refractivity contribution in [3.8, 4) is 0 Å². The van der Waals surface area contributed by atoms with E-state index in [1.54, 1.807) is 7.05 Å². The number of hydrogen-bond donors (Lipinski definition) is 2. The zero-order valence-electron chi connectivity index (χ0n) is 7.99. The molecule has 0 aliphatic heterocycles. The topological polar surface area (TPSA) is 85.8 Å². The van der Waals surface area contributed by atoms with Crippen molar-refractivity contribution >= 4 is 21.8 Å². The van der Waals surface area contributed by atoms with Gasteiger partial charge in [0.15, 0.2) is 10.3 Å². The van der Waals surface area contributed by atoms with Gasteiger partial charge in [0, 0.05) is 19.6 Å². The molecule has 0 aliphatic rings. The van der Waals surface area contributed by atoms with E-state index in [1.807, 2.05) is 6.92 Å². The van der Waals surface area contributed by atoms with E-state index in [-0.39, 0.29) is 11.9 Å². The van der Waals surface area contributed by atoms with Gasteiger partial charge in [0.1, 0.15) is 0 Å². The lowest BCUT2D eigenvalue weighted by atomic mass is 10.3. The molecule has 7 heteroatoms. The molecular formula is C7H12BrN5O. The van der Waals surface area contributed by atoms with Crippen LogP contribution in [0.25, 0.3) is 0 Å². The Kier molecular flexibility index (Phi) is 3.59. The summed E-state index contributed by atoms with van der Waals surface area (Å²) in [6.07, 6.45) is 0. The second kappa shape index (κ2) is 4.52. The van der Waals surface area contributed by atoms with Crippen molar-refractivity contribution < 1.29 is 4.79 Å². The maximum absolute atomic E-state index is 11.6. The fraction of sp³-hybridized carbons (Fsp3) is 0.571. The molecule has 0 aliphatic carbocycles. The molecule has 0 spiro atoms. The number of aryl methyl sites for hydroxylation is 1. The zero-order chi connectivity index (χ0) is 10.7. The molecule has 0 saturated carbocycles. The highest BCUT2D eigenvalue weighted by molar-refractivity contribution is 9.10. The van der Waals surface area contributed by atoms with E-state index in [0.717, 1.165) is 0 Å². The molecule has 0 radical (unpaired) electrons. The fourth-order valence-corrected chi connectivity index (χ4v) is 1.43. The molecule has 6 nitrogen and oxygen atoms in total. The summed E-state index contributed by atoms with van der Waals surface area (Å²) in [5.74, 6) is -0.234. The number of nitrogens with zero attached hydrogens (tertiary/aromatic N) is 3. The van der Waals surface area contributed by atoms with E-state index >= 15 is 0 Å². The number of carbonyl (C=O) groups excluding carboxylic acids is 1. The molecule has 0 aromatic carbocycles. The van der Waals surface area contributed by atoms with Crippen LogP contribution in [0.5, 0.6) is 0 Å². The first-order chi connectivity index (χ1) is 6.56. The van der Waals surface area contributed by atoms with Gasteiger partial charge in [-0.2, -0.15) is 0 Å². The lowest BCUT2D eigenvalue weighted by Crippen LogP contribution is -2.38. The molecule has 0 bridgehead atoms. The number of nitrogens with one attached hydrogen (secondary N) is 1. The van der Waals surface area contributed by atoms with Gasteiger partial charge in [0.2, 0.25) is 0 Å². The van der Waals surface area contributed by atoms with Crippen LogP contribution in [0.2, 0.25) is 0 Å². The predicted octanol–water partition coefficient (Wildman–Crippen LogP) is -0.345. The monoisotopic (exact) mass is 261 g/mol. The Bertz CT molecular complexity index is 317. The van der Waals surface area contributed by atoms with Crippen LogP contribution >= 0.6 is 15.9 Å². The minimum absolute atomic E-state index is 0.0655. The maximum atomic E-state index is 11.6. The van der Waals surface area contributed by atoms with Gasteiger partial charge < -0.3 is 11.1 Å². The van der Waals surface area contributed by atoms with Gasteiger partial charge in [-0.1, -0.05) is 5.21 Å². The third-order valence-electron chi connectivity index (χ3n) is 1.73. The van der Waals surface area contributed by atoms with Gasteiger partial charge in [-0.3, -0.25) is 4.79 Å². The summed E-state index contributed by atoms with van der Waals surface area (Å²) in [4.78, 5) is 11.6. The largest absolute Gasteiger partial charge is 0.347 e. The first-order valence-corrected chi connectivity index (χ1v) is 4.91. The average Bonchev–Trinajstić information content (AvgIpc) is 2.46. The van der Waals surface area contributed by atoms with E-state index in [1.165, 1.54) is 4.68 Å². The molecular weight excluding hydrogens is 250 g/mol. The van der Waals surface area contributed by atoms with Crippen molar-refractivity contribution in [3.63, 3.8) is 0 Å². The zero-order valence-corrected chi connectivity index (χ0v) is 9.58. The minimum Gasteiger partial charge on any atom is -0.347 e. The summed E-state index contributed by atoms with van der Waals surface area (Å²) in [5, 5.41) is 10.1. The quantitative estimate of drug-likeness (QED) is 0.780. The summed E-state index contributed by atoms with van der Waals surface area (Å²) in [6.45, 7) is 2.23. The van der Waals surface area contributed by atoms with Crippen LogP contribution in [0.3, 0.4) is 0 Å². The minimum atomic E-state index is -0.234. The molecule has 1 atom stereocenters. The number of aromatic nitrogens is 3. The molecule has 1 heterocycles. The second-order valence-corrected chi connectivity index (χ2v) is 3.71. The van der Waals surface area contributed by atoms with Crippen molar-refractivity contribution in [1.82, 2.24) is 20.3 Å². The van der Waals surface area contributed by atoms with Crippen LogP contribution in [0.4, 0.5) is 0 Å². The van der Waals surface area contributed by atoms with Gasteiger partial charge in [-0.25, -0.2) is 4.68 Å². The van der Waals surface area contributed by atoms with E-state index < -0.39 is 0 Å². The summed E-state index contributed by atoms with van der Waals surface area (Å²) >= 11 is 3.14. The Hall–Kier alpha value is -0.950. The Morgan fingerprint density at radius 2 is 2.43 bits per heavy atom. The number of carbonyl (C=O) groups is 1. The summed E-state index contributed by atoms with van der Waals surface area (Å²) < 4.78 is 1.84. The molecule has 1 rings (SSSR count). The molecule has 14 heavy (non-hydrogen) atoms. The molecule has 0 unspecified atom stereocenters. The Morgan fingerprint density at radius 1 is 1.79 bits per heavy atom. The molecule has 0 saturated heterocycles. The molecule has 1 amide bonds. The van der Waals surface area contributed by atoms with Gasteiger partial charge in [0.25, 0.3) is 5.91 Å². The van der Waals surface area contributed by atoms with Crippen LogP contribution in [-0.2, 0) is 7.05 Å². The highest BCUT2D eigenvalue weighted by Crippen LogP contribution is 2.11. The number of halogens is 1. The first kappa shape index (κ1) is 11.1. The molecule has 3 N–H and O–H groups in total. The molecule has 78 valence electrons. The Balaban J connectivity index is 2.79. The Morgan fingerprint density at radius 3 is 2.86 bits per heavy atom. The Labute approximate surface area is 90.0 Å². The van der Waals surface area contributed by atoms with Crippen LogP contribution < -0.4 is 11.1 Å². The first-order valence-electron chi connectivity index (χ1n) is 4.12. The number of hydrogen-bond acceptors (Lipinski definition) is 4. The van der Waals surface area contributed by atoms with Gasteiger partial charge in [-0.05, 0) is 22.9 Å². The lowest BCUT2D eigenvalue weighted by Gasteiger charge is -2.10. The van der Waals surface area contributed by atoms with Crippen LogP contribution in [0.1, 0.15) is 17.4 Å². The highest BCUT2D eigenvalue weighted by Gasteiger charge is 2.17. The molecule has 0 fully saturated rings. The maximum Gasteiger partial charge on any atom is 0.272 e. The van der Waals surface area contributed by atoms with Crippen molar-refractivity contribution in [1.29, 1.82) is 0 Å². The number of amides is 1. The van der Waals surface area contributed by atoms with Crippen molar-refractivity contribution in [2.75, 3.05) is 6.54 Å². The highest BCUT2D eigenvalue weighted by atomic mass is 79.9. The van der Waals surface area contributed by atoms with Crippen LogP contribution in [0.15, 0.2) is 4.60 Å². The van der Waals surface area contributed by atoms with Crippen molar-refractivity contribution in [2.45, 2.75) is 13.0 Å². The second-order valence-electron chi connectivity index (χ2n) is 2.96. The van der Waals surface area contributed by atoms with Crippen LogP contribution in [-0.4, -0.2) is 33.5 Å². The van der Waals surface area contributed by atoms with Gasteiger partial charge in [0.05, 0.1) is 0 Å². The van der Waals surface area contributed by atoms with Gasteiger partial charge >= 0.3 is 0 Å². The smallest absolute Gasteiger partial charge is 0.272 e. The standard InChI is InChI=1S/C7H12BrN5O/c1-4(3-9)10-7(14)5-6(8)11-12-13(5)2/h4H,3,9H2,1-2H3,(H,10,14)/t4-/m1/s1. The van der Waals surface area contributed by atoms with E-state index in [0.29, 0.717) is 16.8 Å².